The second-order valence-corrected chi connectivity index (χ2v) is 8.53. The third kappa shape index (κ3) is 4.46. The van der Waals surface area contributed by atoms with Gasteiger partial charge >= 0.3 is 0 Å². The molecule has 0 aliphatic rings. The first-order valence-corrected chi connectivity index (χ1v) is 11.1. The molecule has 7 heteroatoms. The third-order valence-electron chi connectivity index (χ3n) is 4.55. The molecule has 0 aliphatic carbocycles. The van der Waals surface area contributed by atoms with Crippen LogP contribution >= 0.6 is 23.1 Å². The molecule has 3 aromatic heterocycles. The zero-order valence-corrected chi connectivity index (χ0v) is 17.8. The van der Waals surface area contributed by atoms with Crippen molar-refractivity contribution < 1.29 is 4.79 Å². The molecule has 5 nitrogen and oxygen atoms in total. The lowest BCUT2D eigenvalue weighted by Gasteiger charge is -2.13. The topological polar surface area (TPSA) is 67.8 Å². The van der Waals surface area contributed by atoms with E-state index in [9.17, 15) is 4.79 Å². The number of nitrogens with zero attached hydrogens (tertiary/aromatic N) is 3. The molecule has 29 heavy (non-hydrogen) atoms. The number of carbonyl (C=O) groups is 1. The van der Waals surface area contributed by atoms with E-state index in [1.54, 1.807) is 23.9 Å². The first-order chi connectivity index (χ1) is 14.1. The van der Waals surface area contributed by atoms with Crippen molar-refractivity contribution in [2.45, 2.75) is 24.9 Å². The van der Waals surface area contributed by atoms with Gasteiger partial charge in [-0.25, -0.2) is 9.97 Å². The van der Waals surface area contributed by atoms with Crippen LogP contribution in [0.3, 0.4) is 0 Å². The summed E-state index contributed by atoms with van der Waals surface area (Å²) < 4.78 is 0. The minimum atomic E-state index is -0.140. The predicted molar refractivity (Wildman–Crippen MR) is 119 cm³/mol. The quantitative estimate of drug-likeness (QED) is 0.350. The van der Waals surface area contributed by atoms with E-state index in [4.69, 9.17) is 0 Å². The van der Waals surface area contributed by atoms with Gasteiger partial charge in [0, 0.05) is 17.1 Å². The molecule has 0 saturated heterocycles. The van der Waals surface area contributed by atoms with Crippen molar-refractivity contribution in [1.82, 2.24) is 20.3 Å². The number of carbonyl (C=O) groups excluding carboxylic acids is 1. The number of rotatable bonds is 6. The number of fused-ring (bicyclic) bond motifs is 1. The zero-order chi connectivity index (χ0) is 20.2. The lowest BCUT2D eigenvalue weighted by Crippen LogP contribution is -2.28. The smallest absolute Gasteiger partial charge is 0.230 e. The maximum atomic E-state index is 12.5. The van der Waals surface area contributed by atoms with Gasteiger partial charge in [-0.05, 0) is 31.5 Å². The Labute approximate surface area is 177 Å². The van der Waals surface area contributed by atoms with Gasteiger partial charge in [0.15, 0.2) is 0 Å². The summed E-state index contributed by atoms with van der Waals surface area (Å²) in [4.78, 5) is 26.6. The van der Waals surface area contributed by atoms with Crippen LogP contribution in [0.5, 0.6) is 0 Å². The molecule has 1 N–H and O–H groups in total. The van der Waals surface area contributed by atoms with Gasteiger partial charge in [-0.3, -0.25) is 9.78 Å². The van der Waals surface area contributed by atoms with Gasteiger partial charge in [0.25, 0.3) is 0 Å². The maximum absolute atomic E-state index is 12.5. The third-order valence-corrected chi connectivity index (χ3v) is 6.42. The summed E-state index contributed by atoms with van der Waals surface area (Å²) >= 11 is 3.03. The summed E-state index contributed by atoms with van der Waals surface area (Å²) in [5.41, 5.74) is 4.30. The Morgan fingerprint density at radius 1 is 1.14 bits per heavy atom. The standard InChI is InChI=1S/C22H20N4OS2/c1-14-6-8-16(9-7-14)17-11-28-21-20(17)22(25-13-24-21)29-12-19(27)26-15(2)18-5-3-4-10-23-18/h3-11,13,15H,12H2,1-2H3,(H,26,27). The van der Waals surface area contributed by atoms with Crippen LogP contribution in [-0.4, -0.2) is 26.6 Å². The second kappa shape index (κ2) is 8.71. The van der Waals surface area contributed by atoms with Gasteiger partial charge < -0.3 is 5.32 Å². The zero-order valence-electron chi connectivity index (χ0n) is 16.1. The fourth-order valence-electron chi connectivity index (χ4n) is 3.03. The van der Waals surface area contributed by atoms with E-state index in [1.807, 2.05) is 25.1 Å². The molecule has 0 saturated carbocycles. The molecule has 0 aliphatic heterocycles. The van der Waals surface area contributed by atoms with Crippen molar-refractivity contribution in [2.75, 3.05) is 5.75 Å². The van der Waals surface area contributed by atoms with Crippen molar-refractivity contribution in [2.24, 2.45) is 0 Å². The average Bonchev–Trinajstić information content (AvgIpc) is 3.18. The Hall–Kier alpha value is -2.77. The highest BCUT2D eigenvalue weighted by molar-refractivity contribution is 8.00. The van der Waals surface area contributed by atoms with E-state index >= 15 is 0 Å². The van der Waals surface area contributed by atoms with E-state index < -0.39 is 0 Å². The number of benzene rings is 1. The largest absolute Gasteiger partial charge is 0.347 e. The van der Waals surface area contributed by atoms with E-state index in [0.29, 0.717) is 0 Å². The summed E-state index contributed by atoms with van der Waals surface area (Å²) in [5, 5.41) is 6.94. The van der Waals surface area contributed by atoms with Crippen LogP contribution < -0.4 is 5.32 Å². The Morgan fingerprint density at radius 3 is 2.72 bits per heavy atom. The molecule has 1 amide bonds. The summed E-state index contributed by atoms with van der Waals surface area (Å²) in [7, 11) is 0. The minimum Gasteiger partial charge on any atom is -0.347 e. The molecule has 0 fully saturated rings. The highest BCUT2D eigenvalue weighted by Gasteiger charge is 2.16. The summed E-state index contributed by atoms with van der Waals surface area (Å²) in [6.45, 7) is 4.01. The van der Waals surface area contributed by atoms with Crippen molar-refractivity contribution in [3.8, 4) is 11.1 Å². The van der Waals surface area contributed by atoms with Gasteiger partial charge in [-0.1, -0.05) is 47.7 Å². The van der Waals surface area contributed by atoms with Gasteiger partial charge in [0.05, 0.1) is 22.9 Å². The molecule has 1 unspecified atom stereocenters. The maximum Gasteiger partial charge on any atom is 0.230 e. The Morgan fingerprint density at radius 2 is 1.97 bits per heavy atom. The number of hydrogen-bond acceptors (Lipinski definition) is 6. The van der Waals surface area contributed by atoms with Gasteiger partial charge in [0.1, 0.15) is 16.2 Å². The lowest BCUT2D eigenvalue weighted by atomic mass is 10.1. The number of thiophene rings is 1. The Balaban J connectivity index is 1.51. The number of aromatic nitrogens is 3. The van der Waals surface area contributed by atoms with Gasteiger partial charge in [-0.2, -0.15) is 0 Å². The lowest BCUT2D eigenvalue weighted by molar-refractivity contribution is -0.119. The monoisotopic (exact) mass is 420 g/mol. The summed E-state index contributed by atoms with van der Waals surface area (Å²) in [5.74, 6) is 0.235. The number of pyridine rings is 1. The molecule has 0 bridgehead atoms. The first-order valence-electron chi connectivity index (χ1n) is 9.24. The van der Waals surface area contributed by atoms with E-state index in [-0.39, 0.29) is 17.7 Å². The van der Waals surface area contributed by atoms with Crippen molar-refractivity contribution >= 4 is 39.2 Å². The predicted octanol–water partition coefficient (Wildman–Crippen LogP) is 5.03. The molecule has 4 aromatic rings. The Kier molecular flexibility index (Phi) is 5.87. The van der Waals surface area contributed by atoms with Crippen LogP contribution in [0.1, 0.15) is 24.2 Å². The SMILES string of the molecule is Cc1ccc(-c2csc3ncnc(SCC(=O)NC(C)c4ccccn4)c23)cc1. The second-order valence-electron chi connectivity index (χ2n) is 6.71. The van der Waals surface area contributed by atoms with Crippen LogP contribution in [0.25, 0.3) is 21.3 Å². The molecule has 3 heterocycles. The van der Waals surface area contributed by atoms with E-state index in [1.165, 1.54) is 17.3 Å². The molecule has 1 aromatic carbocycles. The van der Waals surface area contributed by atoms with Crippen LogP contribution in [-0.2, 0) is 4.79 Å². The molecular formula is C22H20N4OS2. The molecular weight excluding hydrogens is 400 g/mol. The van der Waals surface area contributed by atoms with Crippen LogP contribution in [0.4, 0.5) is 0 Å². The number of thioether (sulfide) groups is 1. The minimum absolute atomic E-state index is 0.0490. The van der Waals surface area contributed by atoms with E-state index in [0.717, 1.165) is 32.1 Å². The van der Waals surface area contributed by atoms with E-state index in [2.05, 4.69) is 56.8 Å². The van der Waals surface area contributed by atoms with Crippen molar-refractivity contribution in [3.63, 3.8) is 0 Å². The number of hydrogen-bond donors (Lipinski definition) is 1. The van der Waals surface area contributed by atoms with Crippen LogP contribution in [0.2, 0.25) is 0 Å². The fourth-order valence-corrected chi connectivity index (χ4v) is 4.83. The fraction of sp³-hybridized carbons (Fsp3) is 0.182. The number of amides is 1. The molecule has 0 spiro atoms. The molecule has 0 radical (unpaired) electrons. The first kappa shape index (κ1) is 19.5. The van der Waals surface area contributed by atoms with Gasteiger partial charge in [-0.15, -0.1) is 11.3 Å². The molecule has 4 rings (SSSR count). The van der Waals surface area contributed by atoms with Crippen molar-refractivity contribution in [3.05, 3.63) is 71.6 Å². The highest BCUT2D eigenvalue weighted by Crippen LogP contribution is 2.37. The normalized spacial score (nSPS) is 12.1. The average molecular weight is 421 g/mol. The number of aryl methyl sites for hydroxylation is 1. The molecule has 1 atom stereocenters. The van der Waals surface area contributed by atoms with Crippen LogP contribution in [0, 0.1) is 6.92 Å². The summed E-state index contributed by atoms with van der Waals surface area (Å²) in [6.07, 6.45) is 3.29. The molecule has 146 valence electrons. The highest BCUT2D eigenvalue weighted by atomic mass is 32.2. The van der Waals surface area contributed by atoms with Crippen LogP contribution in [0.15, 0.2) is 65.4 Å². The van der Waals surface area contributed by atoms with Gasteiger partial charge in [0.2, 0.25) is 5.91 Å². The number of nitrogens with one attached hydrogen (secondary N) is 1. The Bertz CT molecular complexity index is 1130. The summed E-state index contributed by atoms with van der Waals surface area (Å²) in [6, 6.07) is 14.0. The van der Waals surface area contributed by atoms with Crippen molar-refractivity contribution in [1.29, 1.82) is 0 Å².